The molecular weight excluding hydrogens is 232 g/mol. The van der Waals surface area contributed by atoms with E-state index in [1.54, 1.807) is 11.8 Å². The average molecular weight is 250 g/mol. The van der Waals surface area contributed by atoms with E-state index in [0.717, 1.165) is 19.4 Å². The van der Waals surface area contributed by atoms with Gasteiger partial charge in [-0.15, -0.1) is 11.8 Å². The molecule has 0 aliphatic carbocycles. The molecule has 17 heavy (non-hydrogen) atoms. The maximum absolute atomic E-state index is 5.65. The maximum atomic E-state index is 5.65. The second-order valence-electron chi connectivity index (χ2n) is 4.04. The van der Waals surface area contributed by atoms with Gasteiger partial charge in [0.15, 0.2) is 0 Å². The van der Waals surface area contributed by atoms with Gasteiger partial charge in [-0.1, -0.05) is 12.1 Å². The Hall–Kier alpha value is -0.970. The minimum Gasteiger partial charge on any atom is -0.501 e. The number of nitrogens with one attached hydrogen (secondary N) is 1. The monoisotopic (exact) mass is 250 g/mol. The molecule has 1 heterocycles. The highest BCUT2D eigenvalue weighted by Gasteiger charge is 2.17. The summed E-state index contributed by atoms with van der Waals surface area (Å²) in [7, 11) is 0. The van der Waals surface area contributed by atoms with E-state index in [2.05, 4.69) is 35.9 Å². The van der Waals surface area contributed by atoms with E-state index < -0.39 is 0 Å². The predicted molar refractivity (Wildman–Crippen MR) is 71.6 cm³/mol. The number of hydrazine groups is 1. The SMILES string of the molecule is CSc1ccc(C(NN)C2=COCCC2)cc1. The van der Waals surface area contributed by atoms with Crippen molar-refractivity contribution < 1.29 is 4.74 Å². The molecule has 4 heteroatoms. The molecule has 92 valence electrons. The number of hydrogen-bond acceptors (Lipinski definition) is 4. The van der Waals surface area contributed by atoms with Crippen LogP contribution in [0.3, 0.4) is 0 Å². The van der Waals surface area contributed by atoms with Gasteiger partial charge in [0.2, 0.25) is 0 Å². The normalized spacial score (nSPS) is 17.2. The molecule has 3 N–H and O–H groups in total. The largest absolute Gasteiger partial charge is 0.501 e. The second-order valence-corrected chi connectivity index (χ2v) is 4.92. The summed E-state index contributed by atoms with van der Waals surface area (Å²) in [6.45, 7) is 0.812. The van der Waals surface area contributed by atoms with Gasteiger partial charge >= 0.3 is 0 Å². The van der Waals surface area contributed by atoms with E-state index in [9.17, 15) is 0 Å². The molecular formula is C13H18N2OS. The van der Waals surface area contributed by atoms with Crippen molar-refractivity contribution in [3.63, 3.8) is 0 Å². The molecule has 3 nitrogen and oxygen atoms in total. The minimum atomic E-state index is 0.0613. The Morgan fingerprint density at radius 1 is 1.35 bits per heavy atom. The van der Waals surface area contributed by atoms with E-state index >= 15 is 0 Å². The Balaban J connectivity index is 2.18. The van der Waals surface area contributed by atoms with Crippen LogP contribution in [0.5, 0.6) is 0 Å². The van der Waals surface area contributed by atoms with Gasteiger partial charge in [0, 0.05) is 4.90 Å². The maximum Gasteiger partial charge on any atom is 0.0876 e. The van der Waals surface area contributed by atoms with Gasteiger partial charge in [0.1, 0.15) is 0 Å². The molecule has 1 aliphatic heterocycles. The summed E-state index contributed by atoms with van der Waals surface area (Å²) >= 11 is 1.74. The van der Waals surface area contributed by atoms with Crippen molar-refractivity contribution in [1.82, 2.24) is 5.43 Å². The summed E-state index contributed by atoms with van der Waals surface area (Å²) in [6.07, 6.45) is 6.02. The quantitative estimate of drug-likeness (QED) is 0.490. The minimum absolute atomic E-state index is 0.0613. The van der Waals surface area contributed by atoms with Gasteiger partial charge in [0.25, 0.3) is 0 Å². The highest BCUT2D eigenvalue weighted by atomic mass is 32.2. The molecule has 1 aromatic carbocycles. The Labute approximate surface area is 106 Å². The van der Waals surface area contributed by atoms with Crippen LogP contribution in [-0.2, 0) is 4.74 Å². The van der Waals surface area contributed by atoms with Crippen molar-refractivity contribution in [1.29, 1.82) is 0 Å². The van der Waals surface area contributed by atoms with E-state index in [4.69, 9.17) is 10.6 Å². The fourth-order valence-corrected chi connectivity index (χ4v) is 2.42. The van der Waals surface area contributed by atoms with Gasteiger partial charge < -0.3 is 4.74 Å². The molecule has 1 aromatic rings. The molecule has 1 unspecified atom stereocenters. The third-order valence-corrected chi connectivity index (χ3v) is 3.69. The molecule has 0 bridgehead atoms. The van der Waals surface area contributed by atoms with Crippen LogP contribution in [-0.4, -0.2) is 12.9 Å². The molecule has 0 spiro atoms. The van der Waals surface area contributed by atoms with Crippen molar-refractivity contribution >= 4 is 11.8 Å². The van der Waals surface area contributed by atoms with Crippen LogP contribution in [0.25, 0.3) is 0 Å². The van der Waals surface area contributed by atoms with Crippen LogP contribution in [0.1, 0.15) is 24.4 Å². The molecule has 2 rings (SSSR count). The summed E-state index contributed by atoms with van der Waals surface area (Å²) in [4.78, 5) is 1.26. The Morgan fingerprint density at radius 2 is 2.12 bits per heavy atom. The van der Waals surface area contributed by atoms with Gasteiger partial charge in [-0.2, -0.15) is 0 Å². The fourth-order valence-electron chi connectivity index (χ4n) is 2.01. The first-order valence-corrected chi connectivity index (χ1v) is 6.98. The number of thioether (sulfide) groups is 1. The van der Waals surface area contributed by atoms with Gasteiger partial charge in [-0.25, -0.2) is 5.43 Å². The Morgan fingerprint density at radius 3 is 2.65 bits per heavy atom. The van der Waals surface area contributed by atoms with Crippen molar-refractivity contribution in [2.45, 2.75) is 23.8 Å². The summed E-state index contributed by atoms with van der Waals surface area (Å²) < 4.78 is 5.37. The highest BCUT2D eigenvalue weighted by molar-refractivity contribution is 7.98. The van der Waals surface area contributed by atoms with Gasteiger partial charge in [0.05, 0.1) is 18.9 Å². The lowest BCUT2D eigenvalue weighted by Gasteiger charge is -2.23. The molecule has 1 aliphatic rings. The topological polar surface area (TPSA) is 47.3 Å². The number of nitrogens with two attached hydrogens (primary N) is 1. The molecule has 0 saturated heterocycles. The standard InChI is InChI=1S/C13H18N2OS/c1-17-12-6-4-10(5-7-12)13(15-14)11-3-2-8-16-9-11/h4-7,9,13,15H,2-3,8,14H2,1H3. The van der Waals surface area contributed by atoms with Crippen molar-refractivity contribution in [3.8, 4) is 0 Å². The van der Waals surface area contributed by atoms with E-state index in [-0.39, 0.29) is 6.04 Å². The second kappa shape index (κ2) is 6.10. The Kier molecular flexibility index (Phi) is 4.48. The predicted octanol–water partition coefficient (Wildman–Crippen LogP) is 2.61. The first-order chi connectivity index (χ1) is 8.35. The number of hydrogen-bond donors (Lipinski definition) is 2. The highest BCUT2D eigenvalue weighted by Crippen LogP contribution is 2.28. The third kappa shape index (κ3) is 3.03. The van der Waals surface area contributed by atoms with Crippen LogP contribution in [0.2, 0.25) is 0 Å². The molecule has 0 fully saturated rings. The van der Waals surface area contributed by atoms with E-state index in [1.807, 2.05) is 6.26 Å². The summed E-state index contributed by atoms with van der Waals surface area (Å²) in [5, 5.41) is 0. The lowest BCUT2D eigenvalue weighted by molar-refractivity contribution is 0.219. The van der Waals surface area contributed by atoms with E-state index in [1.165, 1.54) is 16.0 Å². The van der Waals surface area contributed by atoms with Gasteiger partial charge in [-0.05, 0) is 42.4 Å². The fraction of sp³-hybridized carbons (Fsp3) is 0.385. The smallest absolute Gasteiger partial charge is 0.0876 e. The lowest BCUT2D eigenvalue weighted by Crippen LogP contribution is -2.30. The molecule has 0 aromatic heterocycles. The summed E-state index contributed by atoms with van der Waals surface area (Å²) in [6, 6.07) is 8.53. The number of rotatable bonds is 4. The van der Waals surface area contributed by atoms with Crippen molar-refractivity contribution in [2.75, 3.05) is 12.9 Å². The number of ether oxygens (including phenoxy) is 1. The zero-order chi connectivity index (χ0) is 12.1. The van der Waals surface area contributed by atoms with Crippen LogP contribution in [0.15, 0.2) is 41.0 Å². The van der Waals surface area contributed by atoms with Crippen molar-refractivity contribution in [3.05, 3.63) is 41.7 Å². The van der Waals surface area contributed by atoms with Crippen LogP contribution < -0.4 is 11.3 Å². The van der Waals surface area contributed by atoms with Crippen LogP contribution in [0.4, 0.5) is 0 Å². The number of benzene rings is 1. The molecule has 0 radical (unpaired) electrons. The third-order valence-electron chi connectivity index (χ3n) is 2.95. The van der Waals surface area contributed by atoms with E-state index in [0.29, 0.717) is 0 Å². The molecule has 1 atom stereocenters. The first-order valence-electron chi connectivity index (χ1n) is 5.76. The average Bonchev–Trinajstić information content (AvgIpc) is 2.42. The van der Waals surface area contributed by atoms with Crippen molar-refractivity contribution in [2.24, 2.45) is 5.84 Å². The molecule has 0 saturated carbocycles. The zero-order valence-corrected chi connectivity index (χ0v) is 10.8. The summed E-state index contributed by atoms with van der Waals surface area (Å²) in [5.74, 6) is 5.65. The van der Waals surface area contributed by atoms with Gasteiger partial charge in [-0.3, -0.25) is 5.84 Å². The summed E-state index contributed by atoms with van der Waals surface area (Å²) in [5.41, 5.74) is 5.27. The molecule has 0 amide bonds. The Bertz CT molecular complexity index is 389. The zero-order valence-electron chi connectivity index (χ0n) is 9.98. The lowest BCUT2D eigenvalue weighted by atomic mass is 9.96. The van der Waals surface area contributed by atoms with Crippen LogP contribution >= 0.6 is 11.8 Å². The first kappa shape index (κ1) is 12.5. The van der Waals surface area contributed by atoms with Crippen LogP contribution in [0, 0.1) is 0 Å².